The van der Waals surface area contributed by atoms with Crippen LogP contribution in [-0.4, -0.2) is 46.4 Å². The summed E-state index contributed by atoms with van der Waals surface area (Å²) in [5.74, 6) is -0.602. The van der Waals surface area contributed by atoms with Gasteiger partial charge in [-0.1, -0.05) is 36.4 Å². The van der Waals surface area contributed by atoms with Crippen molar-refractivity contribution in [2.75, 3.05) is 18.1 Å². The summed E-state index contributed by atoms with van der Waals surface area (Å²) in [5.41, 5.74) is 9.62. The van der Waals surface area contributed by atoms with Crippen molar-refractivity contribution in [3.05, 3.63) is 114 Å². The summed E-state index contributed by atoms with van der Waals surface area (Å²) in [7, 11) is 0. The summed E-state index contributed by atoms with van der Waals surface area (Å²) >= 11 is 0. The highest BCUT2D eigenvalue weighted by molar-refractivity contribution is 6.22. The van der Waals surface area contributed by atoms with Gasteiger partial charge < -0.3 is 29.9 Å². The molecule has 0 saturated heterocycles. The number of hydrogen-bond acceptors (Lipinski definition) is 7. The smallest absolute Gasteiger partial charge is 0.338 e. The fourth-order valence-electron chi connectivity index (χ4n) is 4.68. The third-order valence-electron chi connectivity index (χ3n) is 6.52. The largest absolute Gasteiger partial charge is 0.494 e. The number of nitrogens with zero attached hydrogens (tertiary/aromatic N) is 2. The second kappa shape index (κ2) is 11.8. The molecule has 4 N–H and O–H groups in total. The van der Waals surface area contributed by atoms with Crippen molar-refractivity contribution >= 4 is 39.9 Å². The number of H-pyrrole nitrogens is 1. The minimum atomic E-state index is -0.653. The van der Waals surface area contributed by atoms with Crippen LogP contribution in [0.15, 0.2) is 101 Å². The molecule has 5 rings (SSSR count). The monoisotopic (exact) mass is 564 g/mol. The third-order valence-corrected chi connectivity index (χ3v) is 6.52. The van der Waals surface area contributed by atoms with Crippen molar-refractivity contribution in [2.24, 2.45) is 10.7 Å². The van der Waals surface area contributed by atoms with Crippen molar-refractivity contribution in [1.29, 1.82) is 0 Å². The van der Waals surface area contributed by atoms with Crippen LogP contribution in [0.25, 0.3) is 10.9 Å². The Kier molecular flexibility index (Phi) is 7.95. The molecule has 0 saturated carbocycles. The average molecular weight is 565 g/mol. The van der Waals surface area contributed by atoms with Crippen molar-refractivity contribution in [3.8, 4) is 5.88 Å². The van der Waals surface area contributed by atoms with Crippen molar-refractivity contribution in [2.45, 2.75) is 26.3 Å². The first kappa shape index (κ1) is 28.4. The molecule has 0 unspecified atom stereocenters. The molecule has 2 heterocycles. The Bertz CT molecular complexity index is 1730. The number of furan rings is 1. The number of esters is 1. The summed E-state index contributed by atoms with van der Waals surface area (Å²) in [4.78, 5) is 35.0. The lowest BCUT2D eigenvalue weighted by molar-refractivity contribution is 0.0526. The van der Waals surface area contributed by atoms with Gasteiger partial charge in [0.15, 0.2) is 11.6 Å². The number of ether oxygens (including phenoxy) is 1. The molecular formula is C33H32N4O5. The standard InChI is InChI=1S/C33H32N4O5/c1-4-41-32(40)22-12-17-25-26(19-22)36-30(38)28(25)29(21-9-6-5-7-10-21)35-23-13-15-24(16-14-23)37(20-33(2,3)34)31(39)27-11-8-18-42-27/h5-19,36,38H,4,20,34H2,1-3H3. The Labute approximate surface area is 243 Å². The topological polar surface area (TPSA) is 134 Å². The van der Waals surface area contributed by atoms with E-state index >= 15 is 0 Å². The predicted octanol–water partition coefficient (Wildman–Crippen LogP) is 6.20. The highest BCUT2D eigenvalue weighted by Gasteiger charge is 2.26. The highest BCUT2D eigenvalue weighted by Crippen LogP contribution is 2.33. The van der Waals surface area contributed by atoms with Gasteiger partial charge in [0.2, 0.25) is 0 Å². The minimum Gasteiger partial charge on any atom is -0.494 e. The molecule has 2 aromatic heterocycles. The number of hydrogen-bond donors (Lipinski definition) is 3. The molecule has 0 radical (unpaired) electrons. The molecule has 1 amide bonds. The molecule has 0 aliphatic carbocycles. The molecule has 0 aliphatic heterocycles. The molecular weight excluding hydrogens is 532 g/mol. The molecule has 3 aromatic carbocycles. The van der Waals surface area contributed by atoms with E-state index in [-0.39, 0.29) is 30.7 Å². The number of aliphatic imine (C=N–C) groups is 1. The summed E-state index contributed by atoms with van der Waals surface area (Å²) in [5, 5.41) is 11.7. The number of aromatic amines is 1. The van der Waals surface area contributed by atoms with Crippen LogP contribution in [0.3, 0.4) is 0 Å². The van der Waals surface area contributed by atoms with Gasteiger partial charge in [-0.05, 0) is 69.3 Å². The van der Waals surface area contributed by atoms with Gasteiger partial charge in [0, 0.05) is 34.2 Å². The Morgan fingerprint density at radius 3 is 2.38 bits per heavy atom. The number of aromatic hydroxyl groups is 1. The third kappa shape index (κ3) is 6.11. The van der Waals surface area contributed by atoms with E-state index in [1.165, 1.54) is 6.26 Å². The maximum Gasteiger partial charge on any atom is 0.338 e. The first-order chi connectivity index (χ1) is 20.1. The summed E-state index contributed by atoms with van der Waals surface area (Å²) in [6.07, 6.45) is 1.46. The number of benzene rings is 3. The number of rotatable bonds is 9. The molecule has 0 bridgehead atoms. The Balaban J connectivity index is 1.56. The van der Waals surface area contributed by atoms with Gasteiger partial charge in [-0.2, -0.15) is 0 Å². The lowest BCUT2D eigenvalue weighted by Crippen LogP contribution is -2.47. The van der Waals surface area contributed by atoms with Gasteiger partial charge >= 0.3 is 5.97 Å². The molecule has 214 valence electrons. The van der Waals surface area contributed by atoms with Gasteiger partial charge in [0.25, 0.3) is 5.91 Å². The quantitative estimate of drug-likeness (QED) is 0.144. The molecule has 5 aromatic rings. The number of amides is 1. The van der Waals surface area contributed by atoms with Crippen LogP contribution in [0.2, 0.25) is 0 Å². The zero-order chi connectivity index (χ0) is 29.9. The Hall–Kier alpha value is -5.15. The van der Waals surface area contributed by atoms with Gasteiger partial charge in [0.05, 0.1) is 35.4 Å². The fourth-order valence-corrected chi connectivity index (χ4v) is 4.68. The molecule has 42 heavy (non-hydrogen) atoms. The van der Waals surface area contributed by atoms with Crippen LogP contribution in [-0.2, 0) is 4.74 Å². The summed E-state index contributed by atoms with van der Waals surface area (Å²) in [6.45, 7) is 5.98. The maximum absolute atomic E-state index is 13.2. The second-order valence-electron chi connectivity index (χ2n) is 10.5. The van der Waals surface area contributed by atoms with Crippen LogP contribution in [0, 0.1) is 0 Å². The minimum absolute atomic E-state index is 0.0781. The maximum atomic E-state index is 13.2. The second-order valence-corrected chi connectivity index (χ2v) is 10.5. The van der Waals surface area contributed by atoms with Gasteiger partial charge in [-0.15, -0.1) is 0 Å². The van der Waals surface area contributed by atoms with E-state index in [1.54, 1.807) is 66.4 Å². The van der Waals surface area contributed by atoms with Gasteiger partial charge in [0.1, 0.15) is 0 Å². The van der Waals surface area contributed by atoms with E-state index in [9.17, 15) is 14.7 Å². The number of fused-ring (bicyclic) bond motifs is 1. The summed E-state index contributed by atoms with van der Waals surface area (Å²) in [6, 6.07) is 25.1. The van der Waals surface area contributed by atoms with E-state index in [2.05, 4.69) is 4.98 Å². The first-order valence-corrected chi connectivity index (χ1v) is 13.5. The van der Waals surface area contributed by atoms with Gasteiger partial charge in [-0.3, -0.25) is 4.79 Å². The van der Waals surface area contributed by atoms with E-state index in [4.69, 9.17) is 19.9 Å². The number of anilines is 1. The van der Waals surface area contributed by atoms with Gasteiger partial charge in [-0.25, -0.2) is 9.79 Å². The first-order valence-electron chi connectivity index (χ1n) is 13.5. The van der Waals surface area contributed by atoms with Crippen molar-refractivity contribution in [1.82, 2.24) is 4.98 Å². The molecule has 9 nitrogen and oxygen atoms in total. The zero-order valence-corrected chi connectivity index (χ0v) is 23.6. The number of nitrogens with two attached hydrogens (primary N) is 1. The number of carbonyl (C=O) groups is 2. The lowest BCUT2D eigenvalue weighted by Gasteiger charge is -2.29. The molecule has 0 aliphatic rings. The number of carbonyl (C=O) groups excluding carboxylic acids is 2. The zero-order valence-electron chi connectivity index (χ0n) is 23.6. The van der Waals surface area contributed by atoms with E-state index in [1.807, 2.05) is 44.2 Å². The van der Waals surface area contributed by atoms with Crippen LogP contribution >= 0.6 is 0 Å². The highest BCUT2D eigenvalue weighted by atomic mass is 16.5. The van der Waals surface area contributed by atoms with Crippen LogP contribution in [0.1, 0.15) is 52.8 Å². The van der Waals surface area contributed by atoms with Crippen LogP contribution < -0.4 is 10.6 Å². The van der Waals surface area contributed by atoms with Crippen LogP contribution in [0.5, 0.6) is 5.88 Å². The molecule has 9 heteroatoms. The predicted molar refractivity (Wildman–Crippen MR) is 163 cm³/mol. The average Bonchev–Trinajstić information content (AvgIpc) is 3.62. The van der Waals surface area contributed by atoms with E-state index < -0.39 is 11.5 Å². The van der Waals surface area contributed by atoms with E-state index in [0.29, 0.717) is 39.1 Å². The number of aromatic nitrogens is 1. The molecule has 0 atom stereocenters. The van der Waals surface area contributed by atoms with E-state index in [0.717, 1.165) is 5.56 Å². The fraction of sp³-hybridized carbons (Fsp3) is 0.182. The Morgan fingerprint density at radius 2 is 1.74 bits per heavy atom. The van der Waals surface area contributed by atoms with Crippen molar-refractivity contribution in [3.63, 3.8) is 0 Å². The summed E-state index contributed by atoms with van der Waals surface area (Å²) < 4.78 is 10.5. The number of nitrogens with one attached hydrogen (secondary N) is 1. The Morgan fingerprint density at radius 1 is 1.00 bits per heavy atom. The van der Waals surface area contributed by atoms with Crippen molar-refractivity contribution < 1.29 is 23.8 Å². The molecule has 0 fully saturated rings. The lowest BCUT2D eigenvalue weighted by atomic mass is 10.00. The normalized spacial score (nSPS) is 12.0. The molecule has 0 spiro atoms. The van der Waals surface area contributed by atoms with Crippen LogP contribution in [0.4, 0.5) is 11.4 Å². The SMILES string of the molecule is CCOC(=O)c1ccc2c(C(=Nc3ccc(N(CC(C)(C)N)C(=O)c4ccco4)cc3)c3ccccc3)c(O)[nH]c2c1.